The van der Waals surface area contributed by atoms with Gasteiger partial charge in [0.2, 0.25) is 0 Å². The van der Waals surface area contributed by atoms with E-state index in [9.17, 15) is 0 Å². The molecule has 0 aliphatic carbocycles. The lowest BCUT2D eigenvalue weighted by molar-refractivity contribution is 0.134. The van der Waals surface area contributed by atoms with Gasteiger partial charge in [0, 0.05) is 24.6 Å². The predicted molar refractivity (Wildman–Crippen MR) is 86.8 cm³/mol. The number of nitrogens with one attached hydrogen (secondary N) is 1. The lowest BCUT2D eigenvalue weighted by Crippen LogP contribution is -2.32. The number of para-hydroxylation sites is 1. The van der Waals surface area contributed by atoms with E-state index in [-0.39, 0.29) is 5.60 Å². The molecular weight excluding hydrogens is 260 g/mol. The number of nitrogens with zero attached hydrogens (tertiary/aromatic N) is 1. The first-order chi connectivity index (χ1) is 10.1. The maximum atomic E-state index is 6.20. The van der Waals surface area contributed by atoms with Gasteiger partial charge in [-0.15, -0.1) is 0 Å². The summed E-state index contributed by atoms with van der Waals surface area (Å²) in [5.41, 5.74) is 2.66. The number of fused-ring (bicyclic) bond motifs is 1. The molecule has 0 spiro atoms. The number of rotatable bonds is 3. The molecule has 0 amide bonds. The van der Waals surface area contributed by atoms with Gasteiger partial charge in [0.25, 0.3) is 0 Å². The third-order valence-electron chi connectivity index (χ3n) is 4.76. The van der Waals surface area contributed by atoms with Gasteiger partial charge in [0.1, 0.15) is 11.4 Å². The molecular formula is C18H28N2O. The summed E-state index contributed by atoms with van der Waals surface area (Å²) >= 11 is 0. The van der Waals surface area contributed by atoms with Gasteiger partial charge in [-0.3, -0.25) is 4.90 Å². The van der Waals surface area contributed by atoms with Crippen LogP contribution in [0.5, 0.6) is 5.75 Å². The Hall–Kier alpha value is -1.06. The van der Waals surface area contributed by atoms with Crippen molar-refractivity contribution in [3.05, 3.63) is 29.3 Å². The van der Waals surface area contributed by atoms with E-state index in [1.807, 2.05) is 0 Å². The van der Waals surface area contributed by atoms with Crippen LogP contribution in [-0.2, 0) is 13.0 Å². The Kier molecular flexibility index (Phi) is 4.23. The zero-order valence-electron chi connectivity index (χ0n) is 13.6. The van der Waals surface area contributed by atoms with Crippen LogP contribution in [0.4, 0.5) is 0 Å². The van der Waals surface area contributed by atoms with Crippen LogP contribution in [0.3, 0.4) is 0 Å². The molecule has 1 saturated heterocycles. The van der Waals surface area contributed by atoms with Crippen molar-refractivity contribution in [3.8, 4) is 5.75 Å². The molecule has 1 aromatic rings. The average molecular weight is 288 g/mol. The second kappa shape index (κ2) is 5.98. The minimum Gasteiger partial charge on any atom is -0.487 e. The topological polar surface area (TPSA) is 24.5 Å². The summed E-state index contributed by atoms with van der Waals surface area (Å²) in [6.07, 6.45) is 4.85. The first-order valence-electron chi connectivity index (χ1n) is 8.26. The fourth-order valence-corrected chi connectivity index (χ4v) is 3.64. The Bertz CT molecular complexity index is 490. The first-order valence-corrected chi connectivity index (χ1v) is 8.26. The molecule has 1 N–H and O–H groups in total. The lowest BCUT2D eigenvalue weighted by Gasteiger charge is -2.27. The van der Waals surface area contributed by atoms with Crippen LogP contribution in [0, 0.1) is 0 Å². The Morgan fingerprint density at radius 1 is 1.29 bits per heavy atom. The Morgan fingerprint density at radius 2 is 2.14 bits per heavy atom. The fraction of sp³-hybridized carbons (Fsp3) is 0.667. The summed E-state index contributed by atoms with van der Waals surface area (Å²) in [5, 5.41) is 3.50. The molecule has 0 aromatic heterocycles. The molecule has 0 saturated carbocycles. The van der Waals surface area contributed by atoms with Crippen molar-refractivity contribution >= 4 is 0 Å². The predicted octanol–water partition coefficient (Wildman–Crippen LogP) is 2.97. The molecule has 2 aliphatic heterocycles. The minimum atomic E-state index is -0.0523. The molecule has 1 aromatic carbocycles. The first kappa shape index (κ1) is 14.9. The van der Waals surface area contributed by atoms with E-state index < -0.39 is 0 Å². The van der Waals surface area contributed by atoms with Crippen molar-refractivity contribution in [3.63, 3.8) is 0 Å². The van der Waals surface area contributed by atoms with Crippen LogP contribution in [0.25, 0.3) is 0 Å². The number of benzene rings is 1. The Labute approximate surface area is 128 Å². The average Bonchev–Trinajstić information content (AvgIpc) is 2.63. The van der Waals surface area contributed by atoms with Crippen molar-refractivity contribution in [1.82, 2.24) is 10.2 Å². The molecule has 1 unspecified atom stereocenters. The zero-order valence-corrected chi connectivity index (χ0v) is 13.6. The molecule has 0 radical (unpaired) electrons. The van der Waals surface area contributed by atoms with Gasteiger partial charge < -0.3 is 10.1 Å². The van der Waals surface area contributed by atoms with Crippen LogP contribution in [0.1, 0.15) is 44.2 Å². The van der Waals surface area contributed by atoms with Gasteiger partial charge >= 0.3 is 0 Å². The maximum absolute atomic E-state index is 6.20. The molecule has 0 bridgehead atoms. The molecule has 2 heterocycles. The van der Waals surface area contributed by atoms with Crippen LogP contribution >= 0.6 is 0 Å². The third-order valence-corrected chi connectivity index (χ3v) is 4.76. The Morgan fingerprint density at radius 3 is 3.00 bits per heavy atom. The third kappa shape index (κ3) is 3.41. The van der Waals surface area contributed by atoms with E-state index in [1.165, 1.54) is 36.9 Å². The molecule has 1 atom stereocenters. The van der Waals surface area contributed by atoms with Gasteiger partial charge in [0.05, 0.1) is 0 Å². The normalized spacial score (nSPS) is 24.5. The van der Waals surface area contributed by atoms with Crippen molar-refractivity contribution < 1.29 is 4.74 Å². The highest BCUT2D eigenvalue weighted by Gasteiger charge is 2.32. The quantitative estimate of drug-likeness (QED) is 0.925. The standard InChI is InChI=1S/C18H28N2O/c1-18(2)12-14-6-4-7-15(17(14)21-18)13-20(3)16-8-5-10-19-11-9-16/h4,6-7,16,19H,5,8-13H2,1-3H3. The summed E-state index contributed by atoms with van der Waals surface area (Å²) in [4.78, 5) is 2.51. The molecule has 1 fully saturated rings. The lowest BCUT2D eigenvalue weighted by atomic mass is 10.00. The summed E-state index contributed by atoms with van der Waals surface area (Å²) < 4.78 is 6.20. The van der Waals surface area contributed by atoms with Gasteiger partial charge in [-0.05, 0) is 58.8 Å². The van der Waals surface area contributed by atoms with Crippen LogP contribution in [-0.4, -0.2) is 36.7 Å². The van der Waals surface area contributed by atoms with Crippen LogP contribution in [0.15, 0.2) is 18.2 Å². The number of hydrogen-bond acceptors (Lipinski definition) is 3. The van der Waals surface area contributed by atoms with E-state index >= 15 is 0 Å². The Balaban J connectivity index is 1.72. The van der Waals surface area contributed by atoms with E-state index in [0.29, 0.717) is 6.04 Å². The summed E-state index contributed by atoms with van der Waals surface area (Å²) in [6, 6.07) is 7.31. The zero-order chi connectivity index (χ0) is 14.9. The molecule has 2 aliphatic rings. The molecule has 3 rings (SSSR count). The summed E-state index contributed by atoms with van der Waals surface area (Å²) in [7, 11) is 2.26. The van der Waals surface area contributed by atoms with Crippen LogP contribution in [0.2, 0.25) is 0 Å². The van der Waals surface area contributed by atoms with E-state index in [0.717, 1.165) is 25.3 Å². The molecule has 21 heavy (non-hydrogen) atoms. The molecule has 116 valence electrons. The second-order valence-electron chi connectivity index (χ2n) is 7.19. The van der Waals surface area contributed by atoms with Gasteiger partial charge in [-0.25, -0.2) is 0 Å². The van der Waals surface area contributed by atoms with Gasteiger partial charge in [-0.1, -0.05) is 18.2 Å². The number of hydrogen-bond donors (Lipinski definition) is 1. The van der Waals surface area contributed by atoms with E-state index in [4.69, 9.17) is 4.74 Å². The van der Waals surface area contributed by atoms with E-state index in [2.05, 4.69) is 49.3 Å². The highest BCUT2D eigenvalue weighted by atomic mass is 16.5. The van der Waals surface area contributed by atoms with Gasteiger partial charge in [0.15, 0.2) is 0 Å². The SMILES string of the molecule is CN(Cc1cccc2c1OC(C)(C)C2)C1CCCNCC1. The minimum absolute atomic E-state index is 0.0523. The van der Waals surface area contributed by atoms with Crippen molar-refractivity contribution in [2.45, 2.75) is 57.7 Å². The summed E-state index contributed by atoms with van der Waals surface area (Å²) in [5.74, 6) is 1.14. The van der Waals surface area contributed by atoms with E-state index in [1.54, 1.807) is 0 Å². The highest BCUT2D eigenvalue weighted by Crippen LogP contribution is 2.38. The smallest absolute Gasteiger partial charge is 0.127 e. The van der Waals surface area contributed by atoms with Crippen molar-refractivity contribution in [1.29, 1.82) is 0 Å². The number of ether oxygens (including phenoxy) is 1. The largest absolute Gasteiger partial charge is 0.487 e. The maximum Gasteiger partial charge on any atom is 0.127 e. The van der Waals surface area contributed by atoms with Crippen LogP contribution < -0.4 is 10.1 Å². The van der Waals surface area contributed by atoms with Gasteiger partial charge in [-0.2, -0.15) is 0 Å². The fourth-order valence-electron chi connectivity index (χ4n) is 3.64. The molecule has 3 heteroatoms. The van der Waals surface area contributed by atoms with Crippen molar-refractivity contribution in [2.75, 3.05) is 20.1 Å². The second-order valence-corrected chi connectivity index (χ2v) is 7.19. The highest BCUT2D eigenvalue weighted by molar-refractivity contribution is 5.45. The molecule has 3 nitrogen and oxygen atoms in total. The monoisotopic (exact) mass is 288 g/mol. The van der Waals surface area contributed by atoms with Crippen molar-refractivity contribution in [2.24, 2.45) is 0 Å². The summed E-state index contributed by atoms with van der Waals surface area (Å²) in [6.45, 7) is 7.66.